The number of hydrogen-bond donors (Lipinski definition) is 1. The molecule has 1 amide bonds. The number of carbonyl (C=O) groups excluding carboxylic acids is 1. The molecular weight excluding hydrogens is 248 g/mol. The summed E-state index contributed by atoms with van der Waals surface area (Å²) in [6.45, 7) is 5.29. The highest BCUT2D eigenvalue weighted by Gasteiger charge is 2.47. The third-order valence-electron chi connectivity index (χ3n) is 4.04. The molecule has 102 valence electrons. The van der Waals surface area contributed by atoms with Crippen molar-refractivity contribution in [3.8, 4) is 0 Å². The number of rotatable bonds is 2. The van der Waals surface area contributed by atoms with Gasteiger partial charge in [0.1, 0.15) is 0 Å². The lowest BCUT2D eigenvalue weighted by Gasteiger charge is -2.40. The minimum atomic E-state index is -0.577. The van der Waals surface area contributed by atoms with Crippen LogP contribution in [-0.2, 0) is 9.53 Å². The molecule has 5 heteroatoms. The van der Waals surface area contributed by atoms with Gasteiger partial charge in [0.05, 0.1) is 22.6 Å². The molecule has 4 nitrogen and oxygen atoms in total. The Morgan fingerprint density at radius 2 is 1.78 bits per heavy atom. The second kappa shape index (κ2) is 5.13. The fraction of sp³-hybridized carbons (Fsp3) is 0.846. The minimum absolute atomic E-state index is 0.0856. The molecule has 2 aliphatic rings. The Kier molecular flexibility index (Phi) is 3.92. The van der Waals surface area contributed by atoms with Gasteiger partial charge in [-0.3, -0.25) is 4.79 Å². The van der Waals surface area contributed by atoms with E-state index in [1.54, 1.807) is 0 Å². The fourth-order valence-electron chi connectivity index (χ4n) is 3.19. The number of hydrogen-bond acceptors (Lipinski definition) is 3. The summed E-state index contributed by atoms with van der Waals surface area (Å²) in [7, 11) is 0. The zero-order valence-corrected chi connectivity index (χ0v) is 12.0. The van der Waals surface area contributed by atoms with Gasteiger partial charge in [0.2, 0.25) is 5.91 Å². The molecule has 1 aliphatic carbocycles. The summed E-state index contributed by atoms with van der Waals surface area (Å²) < 4.78 is 5.66. The van der Waals surface area contributed by atoms with Crippen molar-refractivity contribution >= 4 is 23.1 Å². The van der Waals surface area contributed by atoms with Gasteiger partial charge in [-0.1, -0.05) is 25.1 Å². The third kappa shape index (κ3) is 2.38. The van der Waals surface area contributed by atoms with E-state index >= 15 is 0 Å². The maximum Gasteiger partial charge on any atom is 0.235 e. The SMILES string of the molecule is CC1CN(C(=O)C2(C(N)=S)CCCC2)CC(C)O1. The second-order valence-electron chi connectivity index (χ2n) is 5.62. The predicted molar refractivity (Wildman–Crippen MR) is 74.3 cm³/mol. The van der Waals surface area contributed by atoms with Gasteiger partial charge in [-0.05, 0) is 26.7 Å². The van der Waals surface area contributed by atoms with Gasteiger partial charge in [-0.25, -0.2) is 0 Å². The molecule has 2 atom stereocenters. The number of morpholine rings is 1. The van der Waals surface area contributed by atoms with E-state index in [4.69, 9.17) is 22.7 Å². The minimum Gasteiger partial charge on any atom is -0.392 e. The van der Waals surface area contributed by atoms with Crippen molar-refractivity contribution in [1.82, 2.24) is 4.90 Å². The van der Waals surface area contributed by atoms with Crippen molar-refractivity contribution < 1.29 is 9.53 Å². The zero-order chi connectivity index (χ0) is 13.3. The standard InChI is InChI=1S/C13H22N2O2S/c1-9-7-15(8-10(2)17-9)12(16)13(11(14)18)5-3-4-6-13/h9-10H,3-8H2,1-2H3,(H2,14,18). The van der Waals surface area contributed by atoms with E-state index in [1.807, 2.05) is 18.7 Å². The first kappa shape index (κ1) is 13.7. The Morgan fingerprint density at radius 1 is 1.28 bits per heavy atom. The van der Waals surface area contributed by atoms with Crippen molar-refractivity contribution in [1.29, 1.82) is 0 Å². The van der Waals surface area contributed by atoms with E-state index in [-0.39, 0.29) is 18.1 Å². The van der Waals surface area contributed by atoms with Gasteiger partial charge < -0.3 is 15.4 Å². The molecule has 2 unspecified atom stereocenters. The van der Waals surface area contributed by atoms with Gasteiger partial charge in [0.25, 0.3) is 0 Å². The first-order valence-electron chi connectivity index (χ1n) is 6.70. The molecule has 1 heterocycles. The predicted octanol–water partition coefficient (Wildman–Crippen LogP) is 1.47. The van der Waals surface area contributed by atoms with Gasteiger partial charge in [0.15, 0.2) is 0 Å². The van der Waals surface area contributed by atoms with E-state index in [1.165, 1.54) is 0 Å². The molecule has 1 saturated carbocycles. The van der Waals surface area contributed by atoms with Crippen LogP contribution in [0.2, 0.25) is 0 Å². The van der Waals surface area contributed by atoms with Crippen LogP contribution in [0.1, 0.15) is 39.5 Å². The van der Waals surface area contributed by atoms with Gasteiger partial charge >= 0.3 is 0 Å². The molecule has 0 spiro atoms. The summed E-state index contributed by atoms with van der Waals surface area (Å²) in [6.07, 6.45) is 3.87. The third-order valence-corrected chi connectivity index (χ3v) is 4.44. The van der Waals surface area contributed by atoms with Crippen LogP contribution in [0.4, 0.5) is 0 Å². The van der Waals surface area contributed by atoms with E-state index in [9.17, 15) is 4.79 Å². The summed E-state index contributed by atoms with van der Waals surface area (Å²) in [5.74, 6) is 0.120. The highest BCUT2D eigenvalue weighted by Crippen LogP contribution is 2.40. The number of carbonyl (C=O) groups is 1. The highest BCUT2D eigenvalue weighted by atomic mass is 32.1. The van der Waals surface area contributed by atoms with Crippen LogP contribution in [0.15, 0.2) is 0 Å². The van der Waals surface area contributed by atoms with Crippen LogP contribution in [-0.4, -0.2) is 41.1 Å². The molecule has 0 aromatic rings. The summed E-state index contributed by atoms with van der Waals surface area (Å²) in [6, 6.07) is 0. The Labute approximate surface area is 114 Å². The molecule has 1 saturated heterocycles. The molecule has 18 heavy (non-hydrogen) atoms. The van der Waals surface area contributed by atoms with Crippen LogP contribution >= 0.6 is 12.2 Å². The van der Waals surface area contributed by atoms with Gasteiger partial charge in [-0.15, -0.1) is 0 Å². The largest absolute Gasteiger partial charge is 0.392 e. The van der Waals surface area contributed by atoms with Crippen LogP contribution in [0.3, 0.4) is 0 Å². The van der Waals surface area contributed by atoms with Crippen molar-refractivity contribution in [3.05, 3.63) is 0 Å². The second-order valence-corrected chi connectivity index (χ2v) is 6.06. The monoisotopic (exact) mass is 270 g/mol. The molecular formula is C13H22N2O2S. The Bertz CT molecular complexity index is 343. The van der Waals surface area contributed by atoms with E-state index < -0.39 is 5.41 Å². The molecule has 0 radical (unpaired) electrons. The van der Waals surface area contributed by atoms with Crippen LogP contribution in [0.25, 0.3) is 0 Å². The molecule has 0 bridgehead atoms. The summed E-state index contributed by atoms with van der Waals surface area (Å²) in [5, 5.41) is 0. The number of nitrogens with two attached hydrogens (primary N) is 1. The van der Waals surface area contributed by atoms with Gasteiger partial charge in [0, 0.05) is 13.1 Å². The first-order valence-corrected chi connectivity index (χ1v) is 7.11. The molecule has 0 aromatic carbocycles. The maximum atomic E-state index is 12.8. The maximum absolute atomic E-state index is 12.8. The summed E-state index contributed by atoms with van der Waals surface area (Å²) in [5.41, 5.74) is 5.29. The van der Waals surface area contributed by atoms with Crippen LogP contribution < -0.4 is 5.73 Å². The Hall–Kier alpha value is -0.680. The van der Waals surface area contributed by atoms with E-state index in [0.717, 1.165) is 25.7 Å². The smallest absolute Gasteiger partial charge is 0.235 e. The average molecular weight is 270 g/mol. The normalized spacial score (nSPS) is 31.3. The van der Waals surface area contributed by atoms with E-state index in [2.05, 4.69) is 0 Å². The topological polar surface area (TPSA) is 55.6 Å². The molecule has 2 fully saturated rings. The lowest BCUT2D eigenvalue weighted by molar-refractivity contribution is -0.150. The zero-order valence-electron chi connectivity index (χ0n) is 11.1. The summed E-state index contributed by atoms with van der Waals surface area (Å²) >= 11 is 5.17. The Balaban J connectivity index is 2.16. The van der Waals surface area contributed by atoms with Gasteiger partial charge in [-0.2, -0.15) is 0 Å². The molecule has 0 aromatic heterocycles. The van der Waals surface area contributed by atoms with Crippen LogP contribution in [0, 0.1) is 5.41 Å². The summed E-state index contributed by atoms with van der Waals surface area (Å²) in [4.78, 5) is 15.0. The molecule has 1 aliphatic heterocycles. The van der Waals surface area contributed by atoms with Crippen LogP contribution in [0.5, 0.6) is 0 Å². The van der Waals surface area contributed by atoms with E-state index in [0.29, 0.717) is 18.1 Å². The van der Waals surface area contributed by atoms with Crippen molar-refractivity contribution in [2.24, 2.45) is 11.1 Å². The average Bonchev–Trinajstić information content (AvgIpc) is 2.76. The molecule has 2 N–H and O–H groups in total. The fourth-order valence-corrected chi connectivity index (χ4v) is 3.48. The van der Waals surface area contributed by atoms with Crippen molar-refractivity contribution in [2.75, 3.05) is 13.1 Å². The Morgan fingerprint density at radius 3 is 2.22 bits per heavy atom. The highest BCUT2D eigenvalue weighted by molar-refractivity contribution is 7.80. The lowest BCUT2D eigenvalue weighted by atomic mass is 9.84. The number of ether oxygens (including phenoxy) is 1. The lowest BCUT2D eigenvalue weighted by Crippen LogP contribution is -2.55. The molecule has 2 rings (SSSR count). The number of amides is 1. The quantitative estimate of drug-likeness (QED) is 0.772. The number of thiocarbonyl (C=S) groups is 1. The van der Waals surface area contributed by atoms with Crippen molar-refractivity contribution in [3.63, 3.8) is 0 Å². The number of nitrogens with zero attached hydrogens (tertiary/aromatic N) is 1. The first-order chi connectivity index (χ1) is 8.45. The van der Waals surface area contributed by atoms with Crippen molar-refractivity contribution in [2.45, 2.75) is 51.7 Å².